The number of rotatable bonds is 1. The zero-order valence-corrected chi connectivity index (χ0v) is 12.0. The molecular formula is C17H19N3O. The van der Waals surface area contributed by atoms with Gasteiger partial charge in [-0.2, -0.15) is 0 Å². The number of nitrogens with zero attached hydrogens (tertiary/aromatic N) is 2. The van der Waals surface area contributed by atoms with E-state index < -0.39 is 0 Å². The zero-order chi connectivity index (χ0) is 14.2. The number of nitrogen functional groups attached to an aromatic ring is 1. The van der Waals surface area contributed by atoms with Crippen molar-refractivity contribution >= 4 is 5.82 Å². The third kappa shape index (κ3) is 2.29. The lowest BCUT2D eigenvalue weighted by Crippen LogP contribution is -2.21. The quantitative estimate of drug-likeness (QED) is 0.872. The molecule has 0 amide bonds. The van der Waals surface area contributed by atoms with Crippen molar-refractivity contribution in [3.63, 3.8) is 0 Å². The van der Waals surface area contributed by atoms with Crippen molar-refractivity contribution in [2.45, 2.75) is 38.2 Å². The summed E-state index contributed by atoms with van der Waals surface area (Å²) in [4.78, 5) is 9.37. The topological polar surface area (TPSA) is 61.0 Å². The van der Waals surface area contributed by atoms with Crippen molar-refractivity contribution in [3.8, 4) is 0 Å². The molecule has 108 valence electrons. The Balaban J connectivity index is 1.67. The lowest BCUT2D eigenvalue weighted by atomic mass is 9.83. The average Bonchev–Trinajstić information content (AvgIpc) is 2.54. The van der Waals surface area contributed by atoms with Crippen molar-refractivity contribution in [1.82, 2.24) is 9.97 Å². The first-order valence-electron chi connectivity index (χ1n) is 7.61. The summed E-state index contributed by atoms with van der Waals surface area (Å²) in [6.45, 7) is 1.28. The lowest BCUT2D eigenvalue weighted by molar-refractivity contribution is 0.109. The Morgan fingerprint density at radius 1 is 1.10 bits per heavy atom. The van der Waals surface area contributed by atoms with Crippen LogP contribution in [0.1, 0.15) is 40.5 Å². The van der Waals surface area contributed by atoms with E-state index in [4.69, 9.17) is 15.5 Å². The number of ether oxygens (including phenoxy) is 1. The highest BCUT2D eigenvalue weighted by molar-refractivity contribution is 5.43. The van der Waals surface area contributed by atoms with Gasteiger partial charge in [-0.1, -0.05) is 24.3 Å². The molecule has 2 aromatic rings. The maximum atomic E-state index is 6.11. The van der Waals surface area contributed by atoms with Gasteiger partial charge in [0.25, 0.3) is 0 Å². The molecule has 21 heavy (non-hydrogen) atoms. The zero-order valence-electron chi connectivity index (χ0n) is 12.0. The van der Waals surface area contributed by atoms with E-state index in [1.165, 1.54) is 11.1 Å². The molecule has 0 bridgehead atoms. The minimum Gasteiger partial charge on any atom is -0.383 e. The number of hydrogen-bond donors (Lipinski definition) is 1. The van der Waals surface area contributed by atoms with E-state index in [0.29, 0.717) is 18.3 Å². The number of anilines is 1. The van der Waals surface area contributed by atoms with E-state index in [2.05, 4.69) is 29.2 Å². The van der Waals surface area contributed by atoms with Crippen molar-refractivity contribution in [2.24, 2.45) is 0 Å². The number of aromatic nitrogens is 2. The molecule has 2 heterocycles. The molecule has 4 nitrogen and oxygen atoms in total. The highest BCUT2D eigenvalue weighted by Crippen LogP contribution is 2.32. The molecule has 4 rings (SSSR count). The van der Waals surface area contributed by atoms with Gasteiger partial charge in [-0.3, -0.25) is 0 Å². The monoisotopic (exact) mass is 281 g/mol. The van der Waals surface area contributed by atoms with Gasteiger partial charge in [0.2, 0.25) is 0 Å². The number of nitrogens with two attached hydrogens (primary N) is 1. The van der Waals surface area contributed by atoms with Gasteiger partial charge >= 0.3 is 0 Å². The van der Waals surface area contributed by atoms with E-state index in [-0.39, 0.29) is 0 Å². The number of fused-ring (bicyclic) bond motifs is 2. The molecule has 1 aromatic heterocycles. The first kappa shape index (κ1) is 12.8. The molecule has 1 aliphatic heterocycles. The van der Waals surface area contributed by atoms with Crippen LogP contribution in [-0.4, -0.2) is 16.6 Å². The van der Waals surface area contributed by atoms with Crippen LogP contribution in [0.3, 0.4) is 0 Å². The van der Waals surface area contributed by atoms with Gasteiger partial charge in [0, 0.05) is 17.9 Å². The normalized spacial score (nSPS) is 20.7. The SMILES string of the molecule is Nc1nc(C2CCc3ccccc3C2)nc2c1COCC2. The first-order valence-corrected chi connectivity index (χ1v) is 7.61. The minimum absolute atomic E-state index is 0.385. The summed E-state index contributed by atoms with van der Waals surface area (Å²) in [5.41, 5.74) is 11.1. The molecule has 1 aromatic carbocycles. The summed E-state index contributed by atoms with van der Waals surface area (Å²) in [6.07, 6.45) is 4.07. The van der Waals surface area contributed by atoms with Crippen LogP contribution in [0.5, 0.6) is 0 Å². The molecule has 0 saturated heterocycles. The lowest BCUT2D eigenvalue weighted by Gasteiger charge is -2.25. The third-order valence-corrected chi connectivity index (χ3v) is 4.58. The second-order valence-corrected chi connectivity index (χ2v) is 5.90. The summed E-state index contributed by atoms with van der Waals surface area (Å²) in [5, 5.41) is 0. The van der Waals surface area contributed by atoms with Crippen LogP contribution in [0.2, 0.25) is 0 Å². The van der Waals surface area contributed by atoms with Gasteiger partial charge in [-0.15, -0.1) is 0 Å². The largest absolute Gasteiger partial charge is 0.383 e. The Morgan fingerprint density at radius 2 is 1.95 bits per heavy atom. The van der Waals surface area contributed by atoms with Crippen LogP contribution in [0.25, 0.3) is 0 Å². The Morgan fingerprint density at radius 3 is 2.86 bits per heavy atom. The van der Waals surface area contributed by atoms with Crippen molar-refractivity contribution in [1.29, 1.82) is 0 Å². The fourth-order valence-corrected chi connectivity index (χ4v) is 3.38. The smallest absolute Gasteiger partial charge is 0.134 e. The van der Waals surface area contributed by atoms with Gasteiger partial charge in [0.15, 0.2) is 0 Å². The van der Waals surface area contributed by atoms with E-state index >= 15 is 0 Å². The van der Waals surface area contributed by atoms with E-state index in [1.807, 2.05) is 0 Å². The molecule has 0 radical (unpaired) electrons. The highest BCUT2D eigenvalue weighted by Gasteiger charge is 2.25. The molecular weight excluding hydrogens is 262 g/mol. The van der Waals surface area contributed by atoms with Crippen LogP contribution in [0, 0.1) is 0 Å². The summed E-state index contributed by atoms with van der Waals surface area (Å²) in [7, 11) is 0. The number of hydrogen-bond acceptors (Lipinski definition) is 4. The molecule has 0 saturated carbocycles. The van der Waals surface area contributed by atoms with Gasteiger partial charge in [0.05, 0.1) is 18.9 Å². The first-order chi connectivity index (χ1) is 10.3. The molecule has 1 aliphatic carbocycles. The molecule has 1 atom stereocenters. The van der Waals surface area contributed by atoms with Crippen LogP contribution in [0.15, 0.2) is 24.3 Å². The predicted molar refractivity (Wildman–Crippen MR) is 81.0 cm³/mol. The van der Waals surface area contributed by atoms with E-state index in [9.17, 15) is 0 Å². The second-order valence-electron chi connectivity index (χ2n) is 5.90. The molecule has 0 fully saturated rings. The Kier molecular flexibility index (Phi) is 3.11. The van der Waals surface area contributed by atoms with Gasteiger partial charge in [0.1, 0.15) is 11.6 Å². The molecule has 2 aliphatic rings. The molecule has 4 heteroatoms. The van der Waals surface area contributed by atoms with Crippen LogP contribution >= 0.6 is 0 Å². The highest BCUT2D eigenvalue weighted by atomic mass is 16.5. The Labute approximate surface area is 124 Å². The molecule has 1 unspecified atom stereocenters. The number of benzene rings is 1. The van der Waals surface area contributed by atoms with Crippen molar-refractivity contribution in [2.75, 3.05) is 12.3 Å². The summed E-state index contributed by atoms with van der Waals surface area (Å²) in [5.74, 6) is 1.91. The summed E-state index contributed by atoms with van der Waals surface area (Å²) in [6, 6.07) is 8.68. The summed E-state index contributed by atoms with van der Waals surface area (Å²) >= 11 is 0. The maximum absolute atomic E-state index is 6.11. The number of aryl methyl sites for hydroxylation is 1. The van der Waals surface area contributed by atoms with Gasteiger partial charge in [-0.05, 0) is 30.4 Å². The Bertz CT molecular complexity index is 684. The predicted octanol–water partition coefficient (Wildman–Crippen LogP) is 2.40. The maximum Gasteiger partial charge on any atom is 0.134 e. The van der Waals surface area contributed by atoms with Gasteiger partial charge in [-0.25, -0.2) is 9.97 Å². The van der Waals surface area contributed by atoms with E-state index in [1.54, 1.807) is 0 Å². The van der Waals surface area contributed by atoms with Crippen LogP contribution in [0.4, 0.5) is 5.82 Å². The van der Waals surface area contributed by atoms with Crippen LogP contribution in [-0.2, 0) is 30.6 Å². The average molecular weight is 281 g/mol. The molecule has 2 N–H and O–H groups in total. The fourth-order valence-electron chi connectivity index (χ4n) is 3.38. The Hall–Kier alpha value is -1.94. The van der Waals surface area contributed by atoms with Crippen molar-refractivity contribution in [3.05, 3.63) is 52.5 Å². The third-order valence-electron chi connectivity index (χ3n) is 4.58. The minimum atomic E-state index is 0.385. The van der Waals surface area contributed by atoms with Gasteiger partial charge < -0.3 is 10.5 Å². The standard InChI is InChI=1S/C17H19N3O/c18-16-14-10-21-8-7-15(14)19-17(20-16)13-6-5-11-3-1-2-4-12(11)9-13/h1-4,13H,5-10H2,(H2,18,19,20). The molecule has 0 spiro atoms. The summed E-state index contributed by atoms with van der Waals surface area (Å²) < 4.78 is 5.45. The second kappa shape index (κ2) is 5.11. The van der Waals surface area contributed by atoms with Crippen molar-refractivity contribution < 1.29 is 4.74 Å². The fraction of sp³-hybridized carbons (Fsp3) is 0.412. The van der Waals surface area contributed by atoms with Crippen LogP contribution < -0.4 is 5.73 Å². The van der Waals surface area contributed by atoms with E-state index in [0.717, 1.165) is 49.4 Å².